The highest BCUT2D eigenvalue weighted by Crippen LogP contribution is 2.33. The molecule has 32 heavy (non-hydrogen) atoms. The van der Waals surface area contributed by atoms with Crippen LogP contribution in [0, 0.1) is 6.92 Å². The summed E-state index contributed by atoms with van der Waals surface area (Å²) in [6.45, 7) is 4.01. The number of rotatable bonds is 6. The fourth-order valence-electron chi connectivity index (χ4n) is 4.78. The van der Waals surface area contributed by atoms with E-state index in [0.717, 1.165) is 44.1 Å². The third-order valence-corrected chi connectivity index (χ3v) is 6.51. The van der Waals surface area contributed by atoms with Gasteiger partial charge in [0, 0.05) is 11.7 Å². The summed E-state index contributed by atoms with van der Waals surface area (Å²) in [7, 11) is 0. The smallest absolute Gasteiger partial charge is 0.326 e. The maximum Gasteiger partial charge on any atom is 0.332 e. The van der Waals surface area contributed by atoms with Gasteiger partial charge in [-0.05, 0) is 61.6 Å². The van der Waals surface area contributed by atoms with Crippen molar-refractivity contribution >= 4 is 29.2 Å². The number of hydrogen-bond donors (Lipinski definition) is 1. The number of benzene rings is 2. The Morgan fingerprint density at radius 2 is 1.75 bits per heavy atom. The molecule has 0 bridgehead atoms. The number of anilines is 2. The molecule has 1 atom stereocenters. The molecule has 2 aromatic rings. The van der Waals surface area contributed by atoms with E-state index in [1.165, 1.54) is 10.5 Å². The lowest BCUT2D eigenvalue weighted by atomic mass is 9.93. The first-order chi connectivity index (χ1) is 15.5. The maximum atomic E-state index is 13.4. The van der Waals surface area contributed by atoms with Crippen LogP contribution < -0.4 is 10.2 Å². The van der Waals surface area contributed by atoms with E-state index in [0.29, 0.717) is 11.4 Å². The van der Waals surface area contributed by atoms with Gasteiger partial charge in [-0.25, -0.2) is 9.69 Å². The van der Waals surface area contributed by atoms with E-state index in [2.05, 4.69) is 12.2 Å². The van der Waals surface area contributed by atoms with Crippen LogP contribution in [0.25, 0.3) is 0 Å². The number of nitrogens with zero attached hydrogens (tertiary/aromatic N) is 2. The Kier molecular flexibility index (Phi) is 6.58. The van der Waals surface area contributed by atoms with Gasteiger partial charge < -0.3 is 10.2 Å². The van der Waals surface area contributed by atoms with E-state index in [-0.39, 0.29) is 30.3 Å². The van der Waals surface area contributed by atoms with E-state index in [4.69, 9.17) is 0 Å². The molecule has 4 amide bonds. The van der Waals surface area contributed by atoms with Crippen LogP contribution in [-0.2, 0) is 16.0 Å². The van der Waals surface area contributed by atoms with Gasteiger partial charge in [-0.3, -0.25) is 9.59 Å². The number of urea groups is 1. The van der Waals surface area contributed by atoms with E-state index >= 15 is 0 Å². The van der Waals surface area contributed by atoms with Crippen LogP contribution >= 0.6 is 0 Å². The summed E-state index contributed by atoms with van der Waals surface area (Å²) in [4.78, 5) is 42.7. The molecule has 2 aliphatic rings. The molecule has 0 spiro atoms. The number of carbonyl (C=O) groups is 3. The zero-order chi connectivity index (χ0) is 22.7. The Labute approximate surface area is 189 Å². The van der Waals surface area contributed by atoms with Crippen molar-refractivity contribution in [3.05, 3.63) is 59.7 Å². The highest BCUT2D eigenvalue weighted by Gasteiger charge is 2.49. The number of carbonyl (C=O) groups excluding carboxylic acids is 3. The normalized spacial score (nSPS) is 19.5. The van der Waals surface area contributed by atoms with Crippen molar-refractivity contribution in [1.82, 2.24) is 4.90 Å². The highest BCUT2D eigenvalue weighted by molar-refractivity contribution is 6.22. The average molecular weight is 434 g/mol. The predicted molar refractivity (Wildman–Crippen MR) is 126 cm³/mol. The standard InChI is InChI=1S/C26H31N3O3/c1-3-19-12-14-20(15-13-19)27-24(30)17-23-25(31)29(22-11-7-8-18(2)16-22)26(32)28(23)21-9-5-4-6-10-21/h7-8,11-16,21,23H,3-6,9-10,17H2,1-2H3,(H,27,30)/t23-/m0/s1. The number of aryl methyl sites for hydroxylation is 2. The van der Waals surface area contributed by atoms with Gasteiger partial charge in [0.1, 0.15) is 6.04 Å². The first kappa shape index (κ1) is 22.1. The number of nitrogens with one attached hydrogen (secondary N) is 1. The summed E-state index contributed by atoms with van der Waals surface area (Å²) < 4.78 is 0. The molecule has 6 nitrogen and oxygen atoms in total. The third-order valence-electron chi connectivity index (χ3n) is 6.51. The molecule has 1 N–H and O–H groups in total. The number of imide groups is 1. The predicted octanol–water partition coefficient (Wildman–Crippen LogP) is 5.06. The van der Waals surface area contributed by atoms with Crippen LogP contribution in [0.4, 0.5) is 16.2 Å². The van der Waals surface area contributed by atoms with Crippen molar-refractivity contribution in [2.45, 2.75) is 70.9 Å². The third kappa shape index (κ3) is 4.54. The minimum Gasteiger partial charge on any atom is -0.326 e. The number of amides is 4. The molecule has 1 aliphatic heterocycles. The van der Waals surface area contributed by atoms with Crippen molar-refractivity contribution in [2.24, 2.45) is 0 Å². The Morgan fingerprint density at radius 1 is 1.03 bits per heavy atom. The van der Waals surface area contributed by atoms with Crippen LogP contribution in [0.1, 0.15) is 56.6 Å². The molecule has 1 saturated carbocycles. The van der Waals surface area contributed by atoms with Crippen molar-refractivity contribution in [3.63, 3.8) is 0 Å². The molecule has 0 aromatic heterocycles. The average Bonchev–Trinajstić information content (AvgIpc) is 3.04. The molecule has 2 aromatic carbocycles. The largest absolute Gasteiger partial charge is 0.332 e. The van der Waals surface area contributed by atoms with Gasteiger partial charge in [-0.15, -0.1) is 0 Å². The lowest BCUT2D eigenvalue weighted by molar-refractivity contribution is -0.125. The second kappa shape index (κ2) is 9.55. The lowest BCUT2D eigenvalue weighted by Crippen LogP contribution is -2.45. The summed E-state index contributed by atoms with van der Waals surface area (Å²) >= 11 is 0. The Bertz CT molecular complexity index is 996. The fraction of sp³-hybridized carbons (Fsp3) is 0.423. The van der Waals surface area contributed by atoms with Gasteiger partial charge in [-0.2, -0.15) is 0 Å². The SMILES string of the molecule is CCc1ccc(NC(=O)C[C@H]2C(=O)N(c3cccc(C)c3)C(=O)N2C2CCCCC2)cc1. The van der Waals surface area contributed by atoms with Crippen molar-refractivity contribution in [2.75, 3.05) is 10.2 Å². The van der Waals surface area contributed by atoms with E-state index in [1.54, 1.807) is 11.0 Å². The minimum atomic E-state index is -0.777. The summed E-state index contributed by atoms with van der Waals surface area (Å²) in [5.41, 5.74) is 3.43. The number of hydrogen-bond acceptors (Lipinski definition) is 3. The Hall–Kier alpha value is -3.15. The van der Waals surface area contributed by atoms with Crippen molar-refractivity contribution in [1.29, 1.82) is 0 Å². The van der Waals surface area contributed by atoms with E-state index < -0.39 is 6.04 Å². The van der Waals surface area contributed by atoms with Gasteiger partial charge in [0.15, 0.2) is 0 Å². The summed E-state index contributed by atoms with van der Waals surface area (Å²) in [6.07, 6.45) is 5.85. The molecular weight excluding hydrogens is 402 g/mol. The molecule has 0 radical (unpaired) electrons. The molecule has 4 rings (SSSR count). The fourth-order valence-corrected chi connectivity index (χ4v) is 4.78. The molecule has 0 unspecified atom stereocenters. The molecule has 6 heteroatoms. The highest BCUT2D eigenvalue weighted by atomic mass is 16.2. The second-order valence-electron chi connectivity index (χ2n) is 8.81. The van der Waals surface area contributed by atoms with Gasteiger partial charge in [0.25, 0.3) is 5.91 Å². The van der Waals surface area contributed by atoms with Crippen molar-refractivity contribution < 1.29 is 14.4 Å². The molecule has 1 saturated heterocycles. The van der Waals surface area contributed by atoms with Gasteiger partial charge in [0.05, 0.1) is 12.1 Å². The van der Waals surface area contributed by atoms with Crippen LogP contribution in [0.3, 0.4) is 0 Å². The van der Waals surface area contributed by atoms with Crippen LogP contribution in [0.15, 0.2) is 48.5 Å². The Morgan fingerprint density at radius 3 is 2.41 bits per heavy atom. The topological polar surface area (TPSA) is 69.7 Å². The Balaban J connectivity index is 1.57. The molecule has 1 aliphatic carbocycles. The zero-order valence-electron chi connectivity index (χ0n) is 18.8. The summed E-state index contributed by atoms with van der Waals surface area (Å²) in [6, 6.07) is 14.0. The molecule has 2 fully saturated rings. The maximum absolute atomic E-state index is 13.4. The van der Waals surface area contributed by atoms with Crippen LogP contribution in [0.5, 0.6) is 0 Å². The first-order valence-electron chi connectivity index (χ1n) is 11.6. The summed E-state index contributed by atoms with van der Waals surface area (Å²) in [5.74, 6) is -0.574. The van der Waals surface area contributed by atoms with Gasteiger partial charge >= 0.3 is 6.03 Å². The van der Waals surface area contributed by atoms with E-state index in [1.807, 2.05) is 49.4 Å². The molecule has 168 valence electrons. The first-order valence-corrected chi connectivity index (χ1v) is 11.6. The zero-order valence-corrected chi connectivity index (χ0v) is 18.8. The van der Waals surface area contributed by atoms with Crippen LogP contribution in [0.2, 0.25) is 0 Å². The van der Waals surface area contributed by atoms with Gasteiger partial charge in [-0.1, -0.05) is 50.5 Å². The molecule has 1 heterocycles. The van der Waals surface area contributed by atoms with Crippen LogP contribution in [-0.4, -0.2) is 34.8 Å². The molecular formula is C26H31N3O3. The second-order valence-corrected chi connectivity index (χ2v) is 8.81. The summed E-state index contributed by atoms with van der Waals surface area (Å²) in [5, 5.41) is 2.90. The lowest BCUT2D eigenvalue weighted by Gasteiger charge is -2.33. The van der Waals surface area contributed by atoms with Gasteiger partial charge in [0.2, 0.25) is 5.91 Å². The van der Waals surface area contributed by atoms with E-state index in [9.17, 15) is 14.4 Å². The minimum absolute atomic E-state index is 0.00310. The quantitative estimate of drug-likeness (QED) is 0.648. The monoisotopic (exact) mass is 433 g/mol. The van der Waals surface area contributed by atoms with Crippen molar-refractivity contribution in [3.8, 4) is 0 Å².